The Morgan fingerprint density at radius 1 is 1.18 bits per heavy atom. The number of fused-ring (bicyclic) bond motifs is 3. The summed E-state index contributed by atoms with van der Waals surface area (Å²) in [7, 11) is 0. The van der Waals surface area contributed by atoms with Gasteiger partial charge in [0.25, 0.3) is 5.91 Å². The lowest BCUT2D eigenvalue weighted by Crippen LogP contribution is -2.52. The van der Waals surface area contributed by atoms with Crippen molar-refractivity contribution in [2.45, 2.75) is 72.3 Å². The van der Waals surface area contributed by atoms with Crippen LogP contribution in [0.25, 0.3) is 5.69 Å². The molecule has 2 saturated carbocycles. The SMILES string of the molecule is CCOOCC1CCc2nn(-c3ccccc3)c(C(=O)NC3C4(C)CCC(C4)C3(C)C)c2C1. The molecule has 4 unspecified atom stereocenters. The quantitative estimate of drug-likeness (QED) is 0.370. The van der Waals surface area contributed by atoms with Crippen LogP contribution in [-0.4, -0.2) is 34.9 Å². The van der Waals surface area contributed by atoms with Crippen LogP contribution in [-0.2, 0) is 22.6 Å². The van der Waals surface area contributed by atoms with E-state index in [4.69, 9.17) is 14.9 Å². The standard InChI is InChI=1S/C27H37N3O3/c1-5-32-33-17-18-11-12-22-21(15-18)23(30(29-22)20-9-7-6-8-10-20)24(31)28-25-26(2,3)19-13-14-27(25,4)16-19/h6-10,18-19,25H,5,11-17H2,1-4H3,(H,28,31). The van der Waals surface area contributed by atoms with E-state index in [0.717, 1.165) is 36.2 Å². The summed E-state index contributed by atoms with van der Waals surface area (Å²) in [4.78, 5) is 24.5. The molecule has 4 atom stereocenters. The Labute approximate surface area is 197 Å². The summed E-state index contributed by atoms with van der Waals surface area (Å²) >= 11 is 0. The van der Waals surface area contributed by atoms with Gasteiger partial charge >= 0.3 is 0 Å². The van der Waals surface area contributed by atoms with Crippen LogP contribution in [0.15, 0.2) is 30.3 Å². The molecule has 1 N–H and O–H groups in total. The molecule has 0 saturated heterocycles. The van der Waals surface area contributed by atoms with Crippen LogP contribution in [0.5, 0.6) is 0 Å². The number of rotatable bonds is 7. The highest BCUT2D eigenvalue weighted by atomic mass is 17.2. The molecule has 1 aromatic carbocycles. The molecule has 2 fully saturated rings. The first-order valence-corrected chi connectivity index (χ1v) is 12.5. The highest BCUT2D eigenvalue weighted by Gasteiger charge is 2.59. The molecule has 6 heteroatoms. The molecular formula is C27H37N3O3. The molecule has 6 nitrogen and oxygen atoms in total. The minimum absolute atomic E-state index is 0.00540. The van der Waals surface area contributed by atoms with Crippen molar-refractivity contribution >= 4 is 5.91 Å². The van der Waals surface area contributed by atoms with E-state index in [9.17, 15) is 4.79 Å². The summed E-state index contributed by atoms with van der Waals surface area (Å²) in [6.07, 6.45) is 6.30. The third-order valence-corrected chi connectivity index (χ3v) is 8.61. The van der Waals surface area contributed by atoms with Gasteiger partial charge in [-0.15, -0.1) is 0 Å². The number of aryl methyl sites for hydroxylation is 1. The molecule has 2 bridgehead atoms. The van der Waals surface area contributed by atoms with E-state index in [-0.39, 0.29) is 22.8 Å². The van der Waals surface area contributed by atoms with Crippen LogP contribution in [0.3, 0.4) is 0 Å². The smallest absolute Gasteiger partial charge is 0.270 e. The van der Waals surface area contributed by atoms with Crippen LogP contribution >= 0.6 is 0 Å². The predicted molar refractivity (Wildman–Crippen MR) is 127 cm³/mol. The van der Waals surface area contributed by atoms with E-state index in [1.807, 2.05) is 41.9 Å². The number of hydrogen-bond donors (Lipinski definition) is 1. The summed E-state index contributed by atoms with van der Waals surface area (Å²) in [5.74, 6) is 1.01. The molecule has 178 valence electrons. The number of amides is 1. The van der Waals surface area contributed by atoms with E-state index < -0.39 is 0 Å². The van der Waals surface area contributed by atoms with Crippen molar-refractivity contribution in [3.63, 3.8) is 0 Å². The number of hydrogen-bond acceptors (Lipinski definition) is 4. The minimum atomic E-state index is 0.00540. The monoisotopic (exact) mass is 451 g/mol. The number of nitrogens with zero attached hydrogens (tertiary/aromatic N) is 2. The van der Waals surface area contributed by atoms with E-state index in [0.29, 0.717) is 30.7 Å². The number of nitrogens with one attached hydrogen (secondary N) is 1. The van der Waals surface area contributed by atoms with Crippen molar-refractivity contribution in [1.82, 2.24) is 15.1 Å². The number of carbonyl (C=O) groups excluding carboxylic acids is 1. The second-order valence-corrected chi connectivity index (χ2v) is 11.1. The largest absolute Gasteiger partial charge is 0.347 e. The lowest BCUT2D eigenvalue weighted by molar-refractivity contribution is -0.298. The molecule has 0 radical (unpaired) electrons. The van der Waals surface area contributed by atoms with E-state index >= 15 is 0 Å². The topological polar surface area (TPSA) is 65.4 Å². The van der Waals surface area contributed by atoms with Crippen LogP contribution < -0.4 is 5.32 Å². The van der Waals surface area contributed by atoms with Crippen LogP contribution in [0.2, 0.25) is 0 Å². The molecular weight excluding hydrogens is 414 g/mol. The normalized spacial score (nSPS) is 29.8. The van der Waals surface area contributed by atoms with Crippen molar-refractivity contribution in [2.24, 2.45) is 22.7 Å². The summed E-state index contributed by atoms with van der Waals surface area (Å²) in [5, 5.41) is 8.45. The molecule has 0 aliphatic heterocycles. The average Bonchev–Trinajstić information content (AvgIpc) is 3.44. The molecule has 33 heavy (non-hydrogen) atoms. The maximum Gasteiger partial charge on any atom is 0.270 e. The van der Waals surface area contributed by atoms with E-state index in [1.54, 1.807) is 0 Å². The van der Waals surface area contributed by atoms with Crippen molar-refractivity contribution in [1.29, 1.82) is 0 Å². The minimum Gasteiger partial charge on any atom is -0.347 e. The summed E-state index contributed by atoms with van der Waals surface area (Å²) in [6.45, 7) is 10.0. The fraction of sp³-hybridized carbons (Fsp3) is 0.630. The summed E-state index contributed by atoms with van der Waals surface area (Å²) in [6, 6.07) is 10.2. The van der Waals surface area contributed by atoms with Crippen molar-refractivity contribution in [3.05, 3.63) is 47.3 Å². The van der Waals surface area contributed by atoms with Gasteiger partial charge in [0.1, 0.15) is 5.69 Å². The highest BCUT2D eigenvalue weighted by Crippen LogP contribution is 2.62. The molecule has 0 spiro atoms. The van der Waals surface area contributed by atoms with Crippen molar-refractivity contribution < 1.29 is 14.6 Å². The Morgan fingerprint density at radius 3 is 2.67 bits per heavy atom. The van der Waals surface area contributed by atoms with E-state index in [2.05, 4.69) is 26.1 Å². The zero-order chi connectivity index (χ0) is 23.2. The molecule has 1 amide bonds. The third-order valence-electron chi connectivity index (χ3n) is 8.61. The van der Waals surface area contributed by atoms with Gasteiger partial charge in [0.15, 0.2) is 0 Å². The molecule has 5 rings (SSSR count). The fourth-order valence-corrected chi connectivity index (χ4v) is 6.86. The Kier molecular flexibility index (Phi) is 5.86. The maximum absolute atomic E-state index is 14.0. The fourth-order valence-electron chi connectivity index (χ4n) is 6.86. The van der Waals surface area contributed by atoms with E-state index in [1.165, 1.54) is 19.3 Å². The van der Waals surface area contributed by atoms with Gasteiger partial charge in [-0.1, -0.05) is 39.0 Å². The number of benzene rings is 1. The van der Waals surface area contributed by atoms with Crippen LogP contribution in [0.4, 0.5) is 0 Å². The Hall–Kier alpha value is -2.18. The van der Waals surface area contributed by atoms with Gasteiger partial charge in [-0.3, -0.25) is 4.79 Å². The zero-order valence-corrected chi connectivity index (χ0v) is 20.4. The van der Waals surface area contributed by atoms with Crippen LogP contribution in [0.1, 0.15) is 75.1 Å². The second-order valence-electron chi connectivity index (χ2n) is 11.1. The first kappa shape index (κ1) is 22.6. The van der Waals surface area contributed by atoms with Crippen molar-refractivity contribution in [2.75, 3.05) is 13.2 Å². The van der Waals surface area contributed by atoms with Gasteiger partial charge < -0.3 is 5.32 Å². The Balaban J connectivity index is 1.48. The second kappa shape index (κ2) is 8.55. The average molecular weight is 452 g/mol. The van der Waals surface area contributed by atoms with Crippen LogP contribution in [0, 0.1) is 22.7 Å². The first-order valence-electron chi connectivity index (χ1n) is 12.5. The maximum atomic E-state index is 14.0. The summed E-state index contributed by atoms with van der Waals surface area (Å²) in [5.41, 5.74) is 4.01. The van der Waals surface area contributed by atoms with Gasteiger partial charge in [0.2, 0.25) is 0 Å². The molecule has 2 aromatic rings. The molecule has 1 aromatic heterocycles. The van der Waals surface area contributed by atoms with Gasteiger partial charge in [0.05, 0.1) is 24.6 Å². The third kappa shape index (κ3) is 3.91. The van der Waals surface area contributed by atoms with Crippen molar-refractivity contribution in [3.8, 4) is 5.69 Å². The van der Waals surface area contributed by atoms with Gasteiger partial charge in [-0.25, -0.2) is 14.5 Å². The zero-order valence-electron chi connectivity index (χ0n) is 20.4. The van der Waals surface area contributed by atoms with Gasteiger partial charge in [-0.05, 0) is 80.2 Å². The Bertz CT molecular complexity index is 1010. The molecule has 3 aliphatic carbocycles. The summed E-state index contributed by atoms with van der Waals surface area (Å²) < 4.78 is 1.87. The lowest BCUT2D eigenvalue weighted by Gasteiger charge is -2.43. The first-order chi connectivity index (χ1) is 15.8. The molecule has 1 heterocycles. The van der Waals surface area contributed by atoms with Gasteiger partial charge in [-0.2, -0.15) is 5.10 Å². The number of para-hydroxylation sites is 1. The lowest BCUT2D eigenvalue weighted by atomic mass is 9.68. The number of aromatic nitrogens is 2. The predicted octanol–water partition coefficient (Wildman–Crippen LogP) is 4.89. The number of carbonyl (C=O) groups is 1. The Morgan fingerprint density at radius 2 is 1.97 bits per heavy atom. The van der Waals surface area contributed by atoms with Gasteiger partial charge in [0, 0.05) is 11.6 Å². The highest BCUT2D eigenvalue weighted by molar-refractivity contribution is 5.95. The molecule has 3 aliphatic rings.